The van der Waals surface area contributed by atoms with E-state index in [1.807, 2.05) is 23.9 Å². The van der Waals surface area contributed by atoms with Gasteiger partial charge in [0.1, 0.15) is 11.5 Å². The Labute approximate surface area is 170 Å². The van der Waals surface area contributed by atoms with Crippen LogP contribution < -0.4 is 0 Å². The highest BCUT2D eigenvalue weighted by Crippen LogP contribution is 2.35. The second kappa shape index (κ2) is 8.39. The Morgan fingerprint density at radius 3 is 2.38 bits per heavy atom. The fourth-order valence-corrected chi connectivity index (χ4v) is 3.80. The molecule has 4 rings (SSSR count). The summed E-state index contributed by atoms with van der Waals surface area (Å²) >= 11 is 0. The largest absolute Gasteiger partial charge is 0.271 e. The van der Waals surface area contributed by atoms with Crippen molar-refractivity contribution in [1.29, 1.82) is 0 Å². The molecule has 3 nitrogen and oxygen atoms in total. The van der Waals surface area contributed by atoms with E-state index in [1.54, 1.807) is 24.5 Å². The van der Waals surface area contributed by atoms with Gasteiger partial charge < -0.3 is 0 Å². The Morgan fingerprint density at radius 1 is 0.897 bits per heavy atom. The van der Waals surface area contributed by atoms with E-state index in [0.29, 0.717) is 0 Å². The van der Waals surface area contributed by atoms with Crippen molar-refractivity contribution in [2.24, 2.45) is 7.05 Å². The molecule has 0 atom stereocenters. The van der Waals surface area contributed by atoms with E-state index in [2.05, 4.69) is 36.2 Å². The third kappa shape index (κ3) is 4.27. The molecule has 2 aromatic carbocycles. The quantitative estimate of drug-likeness (QED) is 0.422. The molecule has 0 radical (unpaired) electrons. The molecule has 4 aromatic rings. The van der Waals surface area contributed by atoms with Gasteiger partial charge >= 0.3 is 0 Å². The highest BCUT2D eigenvalue weighted by Gasteiger charge is 2.19. The molecule has 146 valence electrons. The van der Waals surface area contributed by atoms with Gasteiger partial charge in [-0.3, -0.25) is 9.67 Å². The lowest BCUT2D eigenvalue weighted by Crippen LogP contribution is -2.01. The summed E-state index contributed by atoms with van der Waals surface area (Å²) in [5.41, 5.74) is 7.81. The van der Waals surface area contributed by atoms with Crippen molar-refractivity contribution in [3.63, 3.8) is 0 Å². The minimum atomic E-state index is -0.242. The van der Waals surface area contributed by atoms with E-state index in [-0.39, 0.29) is 5.82 Å². The molecule has 0 spiro atoms. The summed E-state index contributed by atoms with van der Waals surface area (Å²) in [6, 6.07) is 19.2. The van der Waals surface area contributed by atoms with E-state index in [0.717, 1.165) is 41.6 Å². The van der Waals surface area contributed by atoms with E-state index < -0.39 is 0 Å². The first-order valence-corrected chi connectivity index (χ1v) is 9.89. The number of hydrogen-bond acceptors (Lipinski definition) is 2. The smallest absolute Gasteiger partial charge is 0.123 e. The molecule has 0 aliphatic heterocycles. The third-order valence-corrected chi connectivity index (χ3v) is 5.21. The minimum absolute atomic E-state index is 0.242. The van der Waals surface area contributed by atoms with Crippen LogP contribution in [0.1, 0.15) is 23.2 Å². The molecule has 0 saturated heterocycles. The van der Waals surface area contributed by atoms with Gasteiger partial charge in [-0.1, -0.05) is 29.8 Å². The average molecular weight is 385 g/mol. The topological polar surface area (TPSA) is 30.7 Å². The predicted octanol–water partition coefficient (Wildman–Crippen LogP) is 5.77. The average Bonchev–Trinajstić information content (AvgIpc) is 3.06. The fourth-order valence-electron chi connectivity index (χ4n) is 3.80. The van der Waals surface area contributed by atoms with Crippen molar-refractivity contribution in [2.45, 2.75) is 26.2 Å². The standard InChI is InChI=1S/C25H24FN3/c1-18-5-3-6-19(17-18)7-4-8-23-24(20-13-15-27-16-14-20)25(28-29(23)2)21-9-11-22(26)12-10-21/h3,5-6,9-17H,4,7-8H2,1-2H3. The summed E-state index contributed by atoms with van der Waals surface area (Å²) < 4.78 is 15.4. The van der Waals surface area contributed by atoms with Crippen LogP contribution in [-0.4, -0.2) is 14.8 Å². The van der Waals surface area contributed by atoms with Gasteiger partial charge in [-0.2, -0.15) is 5.10 Å². The Balaban J connectivity index is 1.68. The number of nitrogens with zero attached hydrogens (tertiary/aromatic N) is 3. The number of hydrogen-bond donors (Lipinski definition) is 0. The van der Waals surface area contributed by atoms with Crippen LogP contribution in [0.2, 0.25) is 0 Å². The van der Waals surface area contributed by atoms with Crippen LogP contribution in [0.3, 0.4) is 0 Å². The molecular formula is C25H24FN3. The third-order valence-electron chi connectivity index (χ3n) is 5.21. The van der Waals surface area contributed by atoms with E-state index >= 15 is 0 Å². The maximum absolute atomic E-state index is 13.4. The molecule has 0 saturated carbocycles. The summed E-state index contributed by atoms with van der Waals surface area (Å²) in [5, 5.41) is 4.80. The first-order valence-electron chi connectivity index (χ1n) is 9.89. The maximum Gasteiger partial charge on any atom is 0.123 e. The lowest BCUT2D eigenvalue weighted by molar-refractivity contribution is 0.628. The monoisotopic (exact) mass is 385 g/mol. The number of pyridine rings is 1. The van der Waals surface area contributed by atoms with Gasteiger partial charge in [0.15, 0.2) is 0 Å². The first-order chi connectivity index (χ1) is 14.1. The summed E-state index contributed by atoms with van der Waals surface area (Å²) in [6.07, 6.45) is 6.56. The normalized spacial score (nSPS) is 11.0. The Kier molecular flexibility index (Phi) is 5.52. The number of aryl methyl sites for hydroxylation is 3. The van der Waals surface area contributed by atoms with Crippen LogP contribution in [0.5, 0.6) is 0 Å². The zero-order valence-electron chi connectivity index (χ0n) is 16.8. The van der Waals surface area contributed by atoms with Crippen LogP contribution in [0.15, 0.2) is 73.1 Å². The maximum atomic E-state index is 13.4. The van der Waals surface area contributed by atoms with Crippen LogP contribution in [0, 0.1) is 12.7 Å². The first kappa shape index (κ1) is 19.1. The molecule has 0 N–H and O–H groups in total. The van der Waals surface area contributed by atoms with Crippen molar-refractivity contribution in [3.8, 4) is 22.4 Å². The summed E-state index contributed by atoms with van der Waals surface area (Å²) in [7, 11) is 1.99. The van der Waals surface area contributed by atoms with Crippen molar-refractivity contribution in [3.05, 3.63) is 95.7 Å². The van der Waals surface area contributed by atoms with Crippen LogP contribution >= 0.6 is 0 Å². The van der Waals surface area contributed by atoms with Crippen LogP contribution in [0.4, 0.5) is 4.39 Å². The van der Waals surface area contributed by atoms with Gasteiger partial charge in [-0.15, -0.1) is 0 Å². The second-order valence-corrected chi connectivity index (χ2v) is 7.38. The zero-order valence-corrected chi connectivity index (χ0v) is 16.8. The highest BCUT2D eigenvalue weighted by atomic mass is 19.1. The summed E-state index contributed by atoms with van der Waals surface area (Å²) in [5.74, 6) is -0.242. The molecule has 0 bridgehead atoms. The predicted molar refractivity (Wildman–Crippen MR) is 115 cm³/mol. The van der Waals surface area contributed by atoms with Gasteiger partial charge in [0, 0.05) is 36.3 Å². The van der Waals surface area contributed by atoms with Crippen molar-refractivity contribution in [2.75, 3.05) is 0 Å². The van der Waals surface area contributed by atoms with Crippen LogP contribution in [-0.2, 0) is 19.9 Å². The van der Waals surface area contributed by atoms with Crippen molar-refractivity contribution in [1.82, 2.24) is 14.8 Å². The Hall–Kier alpha value is -3.27. The van der Waals surface area contributed by atoms with Gasteiger partial charge in [-0.25, -0.2) is 4.39 Å². The van der Waals surface area contributed by atoms with Gasteiger partial charge in [0.2, 0.25) is 0 Å². The number of halogens is 1. The van der Waals surface area contributed by atoms with E-state index in [9.17, 15) is 4.39 Å². The van der Waals surface area contributed by atoms with Gasteiger partial charge in [0.05, 0.1) is 0 Å². The van der Waals surface area contributed by atoms with E-state index in [4.69, 9.17) is 5.10 Å². The summed E-state index contributed by atoms with van der Waals surface area (Å²) in [6.45, 7) is 2.13. The SMILES string of the molecule is Cc1cccc(CCCc2c(-c3ccncc3)c(-c3ccc(F)cc3)nn2C)c1. The van der Waals surface area contributed by atoms with E-state index in [1.165, 1.54) is 29.0 Å². The Morgan fingerprint density at radius 2 is 1.66 bits per heavy atom. The van der Waals surface area contributed by atoms with Crippen molar-refractivity contribution >= 4 is 0 Å². The molecular weight excluding hydrogens is 361 g/mol. The lowest BCUT2D eigenvalue weighted by atomic mass is 9.96. The van der Waals surface area contributed by atoms with Gasteiger partial charge in [0.25, 0.3) is 0 Å². The summed E-state index contributed by atoms with van der Waals surface area (Å²) in [4.78, 5) is 4.15. The van der Waals surface area contributed by atoms with Crippen molar-refractivity contribution < 1.29 is 4.39 Å². The lowest BCUT2D eigenvalue weighted by Gasteiger charge is -2.09. The zero-order chi connectivity index (χ0) is 20.2. The fraction of sp³-hybridized carbons (Fsp3) is 0.200. The van der Waals surface area contributed by atoms with Crippen LogP contribution in [0.25, 0.3) is 22.4 Å². The van der Waals surface area contributed by atoms with Gasteiger partial charge in [-0.05, 0) is 73.7 Å². The Bertz CT molecular complexity index is 1100. The molecule has 4 heteroatoms. The highest BCUT2D eigenvalue weighted by molar-refractivity contribution is 5.82. The number of aromatic nitrogens is 3. The number of benzene rings is 2. The minimum Gasteiger partial charge on any atom is -0.271 e. The molecule has 0 unspecified atom stereocenters. The molecule has 29 heavy (non-hydrogen) atoms. The molecule has 2 aromatic heterocycles. The molecule has 0 aliphatic carbocycles. The molecule has 2 heterocycles. The molecule has 0 fully saturated rings. The molecule has 0 amide bonds. The molecule has 0 aliphatic rings. The number of rotatable bonds is 6. The second-order valence-electron chi connectivity index (χ2n) is 7.38.